The topological polar surface area (TPSA) is 96.7 Å². The maximum atomic E-state index is 11.7. The number of anilines is 1. The molecule has 0 aliphatic carbocycles. The lowest BCUT2D eigenvalue weighted by atomic mass is 10.1. The molecule has 0 atom stereocenters. The van der Waals surface area contributed by atoms with Gasteiger partial charge in [-0.2, -0.15) is 5.10 Å². The smallest absolute Gasteiger partial charge is 0.262 e. The quantitative estimate of drug-likeness (QED) is 0.499. The molecule has 0 radical (unpaired) electrons. The van der Waals surface area contributed by atoms with Crippen LogP contribution in [-0.2, 0) is 4.79 Å². The highest BCUT2D eigenvalue weighted by atomic mass is 32.1. The minimum atomic E-state index is -0.171. The van der Waals surface area contributed by atoms with E-state index >= 15 is 0 Å². The summed E-state index contributed by atoms with van der Waals surface area (Å²) in [5.74, 6) is 0.477. The summed E-state index contributed by atoms with van der Waals surface area (Å²) in [6.45, 7) is 0.0272. The minimum Gasteiger partial charge on any atom is -0.482 e. The van der Waals surface area contributed by atoms with Crippen molar-refractivity contribution in [3.63, 3.8) is 0 Å². The van der Waals surface area contributed by atoms with Crippen LogP contribution in [0, 0.1) is 0 Å². The van der Waals surface area contributed by atoms with Gasteiger partial charge in [0.2, 0.25) is 4.80 Å². The van der Waals surface area contributed by atoms with Crippen LogP contribution in [0.15, 0.2) is 76.5 Å². The number of carbonyl (C=O) groups excluding carboxylic acids is 1. The molecule has 148 valence electrons. The number of hydrogen-bond donors (Lipinski definition) is 2. The molecule has 0 unspecified atom stereocenters. The van der Waals surface area contributed by atoms with Gasteiger partial charge >= 0.3 is 0 Å². The van der Waals surface area contributed by atoms with Crippen molar-refractivity contribution in [3.8, 4) is 17.0 Å². The number of H-pyrrole nitrogens is 1. The molecule has 2 N–H and O–H groups in total. The maximum absolute atomic E-state index is 11.7. The molecule has 30 heavy (non-hydrogen) atoms. The molecule has 8 nitrogen and oxygen atoms in total. The van der Waals surface area contributed by atoms with Gasteiger partial charge in [0.15, 0.2) is 6.61 Å². The average molecular weight is 416 g/mol. The fourth-order valence-corrected chi connectivity index (χ4v) is 3.86. The Hall–Kier alpha value is -3.98. The van der Waals surface area contributed by atoms with Gasteiger partial charge in [0.1, 0.15) is 5.75 Å². The number of aromatic amines is 1. The lowest BCUT2D eigenvalue weighted by Gasteiger charge is -2.18. The number of ether oxygens (including phenoxy) is 1. The summed E-state index contributed by atoms with van der Waals surface area (Å²) in [4.78, 5) is 24.3. The number of amides is 1. The van der Waals surface area contributed by atoms with E-state index in [1.54, 1.807) is 23.3 Å². The van der Waals surface area contributed by atoms with Gasteiger partial charge < -0.3 is 15.0 Å². The van der Waals surface area contributed by atoms with Crippen molar-refractivity contribution < 1.29 is 9.53 Å². The first kappa shape index (κ1) is 18.1. The van der Waals surface area contributed by atoms with E-state index in [1.165, 1.54) is 11.3 Å². The van der Waals surface area contributed by atoms with Crippen LogP contribution in [0.3, 0.4) is 0 Å². The monoisotopic (exact) mass is 416 g/mol. The zero-order valence-corrected chi connectivity index (χ0v) is 16.5. The van der Waals surface area contributed by atoms with Crippen molar-refractivity contribution in [1.29, 1.82) is 0 Å². The van der Waals surface area contributed by atoms with E-state index in [4.69, 9.17) is 4.74 Å². The number of nitrogens with one attached hydrogen (secondary N) is 2. The van der Waals surface area contributed by atoms with Crippen LogP contribution in [0.2, 0.25) is 0 Å². The predicted molar refractivity (Wildman–Crippen MR) is 115 cm³/mol. The Morgan fingerprint density at radius 1 is 1.23 bits per heavy atom. The van der Waals surface area contributed by atoms with Gasteiger partial charge in [0, 0.05) is 23.3 Å². The Labute approximate surface area is 175 Å². The van der Waals surface area contributed by atoms with Crippen molar-refractivity contribution >= 4 is 34.8 Å². The third kappa shape index (κ3) is 3.65. The van der Waals surface area contributed by atoms with E-state index in [2.05, 4.69) is 25.4 Å². The molecule has 4 heterocycles. The number of hydrogen-bond acceptors (Lipinski definition) is 6. The highest BCUT2D eigenvalue weighted by molar-refractivity contribution is 7.07. The van der Waals surface area contributed by atoms with Crippen LogP contribution < -0.4 is 14.9 Å². The van der Waals surface area contributed by atoms with Crippen molar-refractivity contribution in [2.75, 3.05) is 11.9 Å². The van der Waals surface area contributed by atoms with Crippen LogP contribution in [0.4, 0.5) is 11.4 Å². The number of rotatable bonds is 4. The van der Waals surface area contributed by atoms with Crippen molar-refractivity contribution in [3.05, 3.63) is 76.9 Å². The fourth-order valence-electron chi connectivity index (χ4n) is 3.00. The second-order valence-corrected chi connectivity index (χ2v) is 7.29. The van der Waals surface area contributed by atoms with Crippen LogP contribution in [-0.4, -0.2) is 33.4 Å². The summed E-state index contributed by atoms with van der Waals surface area (Å²) in [6.07, 6.45) is 6.99. The zero-order chi connectivity index (χ0) is 20.3. The first-order valence-corrected chi connectivity index (χ1v) is 10.0. The normalized spacial score (nSPS) is 13.9. The van der Waals surface area contributed by atoms with Crippen LogP contribution in [0.5, 0.6) is 5.75 Å². The van der Waals surface area contributed by atoms with E-state index in [0.29, 0.717) is 16.2 Å². The number of thiazole rings is 1. The molecule has 0 saturated carbocycles. The van der Waals surface area contributed by atoms with Gasteiger partial charge in [-0.3, -0.25) is 9.78 Å². The third-order valence-corrected chi connectivity index (χ3v) is 5.21. The van der Waals surface area contributed by atoms with Gasteiger partial charge in [-0.05, 0) is 42.5 Å². The molecule has 5 rings (SSSR count). The molecule has 3 aromatic heterocycles. The number of nitrogens with zero attached hydrogens (tertiary/aromatic N) is 4. The number of benzene rings is 1. The first-order valence-electron chi connectivity index (χ1n) is 9.16. The number of fused-ring (bicyclic) bond motifs is 1. The fraction of sp³-hybridized carbons (Fsp3) is 0.0476. The molecular formula is C21H16N6O2S. The lowest BCUT2D eigenvalue weighted by molar-refractivity contribution is -0.118. The second-order valence-electron chi connectivity index (χ2n) is 6.46. The van der Waals surface area contributed by atoms with E-state index in [-0.39, 0.29) is 12.5 Å². The highest BCUT2D eigenvalue weighted by Crippen LogP contribution is 2.33. The van der Waals surface area contributed by atoms with E-state index in [9.17, 15) is 4.79 Å². The van der Waals surface area contributed by atoms with Gasteiger partial charge in [-0.15, -0.1) is 11.3 Å². The molecule has 1 aliphatic heterocycles. The molecular weight excluding hydrogens is 400 g/mol. The summed E-state index contributed by atoms with van der Waals surface area (Å²) in [6, 6.07) is 13.2. The van der Waals surface area contributed by atoms with Gasteiger partial charge in [0.25, 0.3) is 5.91 Å². The molecule has 0 spiro atoms. The lowest BCUT2D eigenvalue weighted by Crippen LogP contribution is -2.25. The Bertz CT molecular complexity index is 1290. The summed E-state index contributed by atoms with van der Waals surface area (Å²) in [5.41, 5.74) is 3.97. The molecule has 1 amide bonds. The molecule has 0 saturated heterocycles. The van der Waals surface area contributed by atoms with Crippen LogP contribution >= 0.6 is 11.3 Å². The van der Waals surface area contributed by atoms with Gasteiger partial charge in [-0.25, -0.2) is 9.67 Å². The van der Waals surface area contributed by atoms with Crippen LogP contribution in [0.25, 0.3) is 11.3 Å². The predicted octanol–water partition coefficient (Wildman–Crippen LogP) is 3.39. The average Bonchev–Trinajstić information content (AvgIpc) is 3.42. The maximum Gasteiger partial charge on any atom is 0.262 e. The minimum absolute atomic E-state index is 0.0272. The zero-order valence-electron chi connectivity index (χ0n) is 15.6. The Morgan fingerprint density at radius 2 is 2.20 bits per heavy atom. The third-order valence-electron chi connectivity index (χ3n) is 4.40. The van der Waals surface area contributed by atoms with E-state index in [1.807, 2.05) is 54.0 Å². The molecule has 1 aromatic carbocycles. The standard InChI is InChI=1S/C21H16N6O2S/c28-20-12-29-19-6-5-14(9-17(19)26-20)18-13-30-21(25-16-4-1-7-22-10-16)27(18)24-11-15-3-2-8-23-15/h1-11,13,23H,12H2,(H,26,28). The highest BCUT2D eigenvalue weighted by Gasteiger charge is 2.17. The summed E-state index contributed by atoms with van der Waals surface area (Å²) in [7, 11) is 0. The summed E-state index contributed by atoms with van der Waals surface area (Å²) in [5, 5.41) is 9.47. The molecule has 0 bridgehead atoms. The van der Waals surface area contributed by atoms with Gasteiger partial charge in [0.05, 0.1) is 35.2 Å². The molecule has 4 aromatic rings. The van der Waals surface area contributed by atoms with Crippen molar-refractivity contribution in [2.45, 2.75) is 0 Å². The summed E-state index contributed by atoms with van der Waals surface area (Å²) >= 11 is 1.47. The van der Waals surface area contributed by atoms with Crippen molar-refractivity contribution in [2.24, 2.45) is 10.1 Å². The van der Waals surface area contributed by atoms with Crippen LogP contribution in [0.1, 0.15) is 5.69 Å². The number of carbonyl (C=O) groups is 1. The summed E-state index contributed by atoms with van der Waals surface area (Å²) < 4.78 is 7.23. The Balaban J connectivity index is 1.62. The SMILES string of the molecule is O=C1COc2ccc(-c3csc(=Nc4cccnc4)n3N=Cc3ccc[nH]3)cc2N1. The largest absolute Gasteiger partial charge is 0.482 e. The van der Waals surface area contributed by atoms with E-state index in [0.717, 1.165) is 22.6 Å². The Kier molecular flexibility index (Phi) is 4.70. The number of pyridine rings is 1. The molecule has 0 fully saturated rings. The number of aromatic nitrogens is 3. The Morgan fingerprint density at radius 3 is 3.03 bits per heavy atom. The van der Waals surface area contributed by atoms with Gasteiger partial charge in [-0.1, -0.05) is 0 Å². The molecule has 1 aliphatic rings. The van der Waals surface area contributed by atoms with Crippen molar-refractivity contribution in [1.82, 2.24) is 14.6 Å². The molecule has 9 heteroatoms. The second kappa shape index (κ2) is 7.80. The van der Waals surface area contributed by atoms with E-state index < -0.39 is 0 Å². The first-order chi connectivity index (χ1) is 14.8.